The molecule has 4 aromatic rings. The summed E-state index contributed by atoms with van der Waals surface area (Å²) in [7, 11) is -2.09. The second-order valence-corrected chi connectivity index (χ2v) is 12.2. The van der Waals surface area contributed by atoms with Gasteiger partial charge in [0.05, 0.1) is 28.8 Å². The lowest BCUT2D eigenvalue weighted by molar-refractivity contribution is 0.383. The van der Waals surface area contributed by atoms with Gasteiger partial charge in [0, 0.05) is 37.2 Å². The molecule has 0 atom stereocenters. The number of piperazine rings is 1. The van der Waals surface area contributed by atoms with Gasteiger partial charge < -0.3 is 9.64 Å². The van der Waals surface area contributed by atoms with Crippen molar-refractivity contribution in [3.8, 4) is 16.3 Å². The normalized spacial score (nSPS) is 14.6. The molecule has 1 aliphatic heterocycles. The van der Waals surface area contributed by atoms with E-state index in [4.69, 9.17) is 14.7 Å². The number of nitrogens with zero attached hydrogens (tertiary/aromatic N) is 5. The molecule has 0 unspecified atom stereocenters. The summed E-state index contributed by atoms with van der Waals surface area (Å²) < 4.78 is 33.0. The van der Waals surface area contributed by atoms with E-state index in [-0.39, 0.29) is 4.90 Å². The average Bonchev–Trinajstić information content (AvgIpc) is 3.47. The number of fused-ring (bicyclic) bond motifs is 1. The lowest BCUT2D eigenvalue weighted by Crippen LogP contribution is -2.48. The minimum atomic E-state index is -3.61. The third-order valence-corrected chi connectivity index (χ3v) is 9.45. The maximum atomic E-state index is 13.2. The van der Waals surface area contributed by atoms with E-state index in [1.807, 2.05) is 23.6 Å². The number of hydrogen-bond donors (Lipinski definition) is 0. The highest BCUT2D eigenvalue weighted by molar-refractivity contribution is 8.10. The number of anilines is 1. The van der Waals surface area contributed by atoms with Crippen molar-refractivity contribution in [3.63, 3.8) is 0 Å². The Labute approximate surface area is 224 Å². The van der Waals surface area contributed by atoms with Gasteiger partial charge >= 0.3 is 0 Å². The fourth-order valence-corrected chi connectivity index (χ4v) is 6.77. The predicted molar refractivity (Wildman–Crippen MR) is 151 cm³/mol. The van der Waals surface area contributed by atoms with Crippen LogP contribution in [0, 0.1) is 0 Å². The molecule has 1 aliphatic rings. The van der Waals surface area contributed by atoms with Crippen molar-refractivity contribution in [2.24, 2.45) is 0 Å². The molecule has 4 heterocycles. The molecule has 0 N–H and O–H groups in total. The summed E-state index contributed by atoms with van der Waals surface area (Å²) in [5, 5.41) is 3.72. The quantitative estimate of drug-likeness (QED) is 0.298. The van der Waals surface area contributed by atoms with Gasteiger partial charge in [0.25, 0.3) is 0 Å². The van der Waals surface area contributed by atoms with E-state index in [9.17, 15) is 8.42 Å². The predicted octanol–water partition coefficient (Wildman–Crippen LogP) is 5.12. The van der Waals surface area contributed by atoms with Gasteiger partial charge in [-0.1, -0.05) is 37.1 Å². The number of rotatable bonds is 8. The number of ether oxygens (including phenoxy) is 1. The molecule has 0 spiro atoms. The summed E-state index contributed by atoms with van der Waals surface area (Å²) >= 11 is 3.00. The largest absolute Gasteiger partial charge is 0.497 e. The van der Waals surface area contributed by atoms with Crippen LogP contribution in [0.2, 0.25) is 0 Å². The molecule has 0 aliphatic carbocycles. The van der Waals surface area contributed by atoms with Crippen LogP contribution < -0.4 is 9.64 Å². The van der Waals surface area contributed by atoms with Crippen LogP contribution in [0.15, 0.2) is 77.5 Å². The van der Waals surface area contributed by atoms with E-state index in [1.54, 1.807) is 47.2 Å². The Kier molecular flexibility index (Phi) is 7.29. The molecule has 37 heavy (non-hydrogen) atoms. The molecule has 0 radical (unpaired) electrons. The monoisotopic (exact) mass is 551 g/mol. The summed E-state index contributed by atoms with van der Waals surface area (Å²) in [6, 6.07) is 12.5. The van der Waals surface area contributed by atoms with E-state index in [0.29, 0.717) is 48.8 Å². The summed E-state index contributed by atoms with van der Waals surface area (Å²) in [4.78, 5) is 18.4. The first-order valence-corrected chi connectivity index (χ1v) is 14.7. The summed E-state index contributed by atoms with van der Waals surface area (Å²) in [5.41, 5.74) is 3.53. The van der Waals surface area contributed by atoms with E-state index in [1.165, 1.54) is 23.2 Å². The van der Waals surface area contributed by atoms with Crippen LogP contribution in [-0.2, 0) is 10.0 Å². The van der Waals surface area contributed by atoms with Gasteiger partial charge in [-0.2, -0.15) is 4.31 Å². The first kappa shape index (κ1) is 25.4. The van der Waals surface area contributed by atoms with Gasteiger partial charge in [-0.25, -0.2) is 23.4 Å². The standard InChI is InChI=1S/C26H25N5O3S3/c1-4-35-18(2)24-25(23-9-6-14-36-23)28-22-15-19(17-27-26(22)29-24)30-10-12-31(13-11-30)37(32,33)21-8-5-7-20(16-21)34-3/h4-9,14-17H,1-2,10-13H2,3H3. The van der Waals surface area contributed by atoms with Crippen LogP contribution in [-0.4, -0.2) is 61.0 Å². The molecule has 0 saturated carbocycles. The third-order valence-electron chi connectivity index (χ3n) is 6.03. The van der Waals surface area contributed by atoms with Crippen molar-refractivity contribution in [2.45, 2.75) is 4.90 Å². The van der Waals surface area contributed by atoms with Crippen LogP contribution in [0.4, 0.5) is 5.69 Å². The zero-order chi connectivity index (χ0) is 26.0. The van der Waals surface area contributed by atoms with Crippen molar-refractivity contribution in [1.82, 2.24) is 19.3 Å². The number of thiophene rings is 1. The molecule has 11 heteroatoms. The Morgan fingerprint density at radius 2 is 1.95 bits per heavy atom. The van der Waals surface area contributed by atoms with Crippen LogP contribution >= 0.6 is 23.1 Å². The van der Waals surface area contributed by atoms with E-state index in [0.717, 1.165) is 21.2 Å². The highest BCUT2D eigenvalue weighted by Gasteiger charge is 2.29. The molecule has 3 aromatic heterocycles. The van der Waals surface area contributed by atoms with Gasteiger partial charge in [0.2, 0.25) is 10.0 Å². The fourth-order valence-electron chi connectivity index (χ4n) is 4.14. The van der Waals surface area contributed by atoms with Crippen LogP contribution in [0.25, 0.3) is 26.6 Å². The number of benzene rings is 1. The molecule has 5 rings (SSSR count). The second kappa shape index (κ2) is 10.6. The highest BCUT2D eigenvalue weighted by Crippen LogP contribution is 2.35. The second-order valence-electron chi connectivity index (χ2n) is 8.21. The first-order valence-electron chi connectivity index (χ1n) is 11.5. The first-order chi connectivity index (χ1) is 17.9. The van der Waals surface area contributed by atoms with Crippen molar-refractivity contribution >= 4 is 54.9 Å². The van der Waals surface area contributed by atoms with Crippen molar-refractivity contribution in [1.29, 1.82) is 0 Å². The van der Waals surface area contributed by atoms with Crippen molar-refractivity contribution in [2.75, 3.05) is 38.2 Å². The molecule has 1 fully saturated rings. The number of pyridine rings is 1. The SMILES string of the molecule is C=CSC(=C)c1nc2ncc(N3CCN(S(=O)(=O)c4cccc(OC)c4)CC3)cc2nc1-c1cccs1. The van der Waals surface area contributed by atoms with Crippen molar-refractivity contribution < 1.29 is 13.2 Å². The molecule has 1 aromatic carbocycles. The number of hydrogen-bond acceptors (Lipinski definition) is 9. The smallest absolute Gasteiger partial charge is 0.243 e. The summed E-state index contributed by atoms with van der Waals surface area (Å²) in [6.45, 7) is 9.71. The molecular formula is C26H25N5O3S3. The third kappa shape index (κ3) is 5.12. The fraction of sp³-hybridized carbons (Fsp3) is 0.192. The van der Waals surface area contributed by atoms with Gasteiger partial charge in [0.15, 0.2) is 5.65 Å². The molecule has 8 nitrogen and oxygen atoms in total. The molecule has 1 saturated heterocycles. The number of methoxy groups -OCH3 is 1. The lowest BCUT2D eigenvalue weighted by atomic mass is 10.2. The van der Waals surface area contributed by atoms with E-state index in [2.05, 4.69) is 23.0 Å². The maximum Gasteiger partial charge on any atom is 0.243 e. The molecular weight excluding hydrogens is 527 g/mol. The Hall–Kier alpha value is -3.25. The van der Waals surface area contributed by atoms with Gasteiger partial charge in [0.1, 0.15) is 22.7 Å². The van der Waals surface area contributed by atoms with E-state index < -0.39 is 10.0 Å². The summed E-state index contributed by atoms with van der Waals surface area (Å²) in [6.07, 6.45) is 1.77. The molecule has 190 valence electrons. The summed E-state index contributed by atoms with van der Waals surface area (Å²) in [5.74, 6) is 0.514. The van der Waals surface area contributed by atoms with Crippen molar-refractivity contribution in [3.05, 3.63) is 78.3 Å². The lowest BCUT2D eigenvalue weighted by Gasteiger charge is -2.35. The maximum absolute atomic E-state index is 13.2. The number of thioether (sulfide) groups is 1. The number of aromatic nitrogens is 3. The highest BCUT2D eigenvalue weighted by atomic mass is 32.2. The van der Waals surface area contributed by atoms with Gasteiger partial charge in [-0.3, -0.25) is 0 Å². The van der Waals surface area contributed by atoms with E-state index >= 15 is 0 Å². The average molecular weight is 552 g/mol. The number of sulfonamides is 1. The Morgan fingerprint density at radius 3 is 2.65 bits per heavy atom. The van der Waals surface area contributed by atoms with Gasteiger partial charge in [-0.05, 0) is 35.1 Å². The topological polar surface area (TPSA) is 88.5 Å². The minimum Gasteiger partial charge on any atom is -0.497 e. The molecule has 0 bridgehead atoms. The zero-order valence-corrected chi connectivity index (χ0v) is 22.7. The van der Waals surface area contributed by atoms with Crippen LogP contribution in [0.1, 0.15) is 5.69 Å². The molecule has 0 amide bonds. The Morgan fingerprint density at radius 1 is 1.14 bits per heavy atom. The minimum absolute atomic E-state index is 0.232. The zero-order valence-electron chi connectivity index (χ0n) is 20.2. The Balaban J connectivity index is 1.40. The Bertz CT molecular complexity index is 1560. The van der Waals surface area contributed by atoms with Gasteiger partial charge in [-0.15, -0.1) is 11.3 Å². The van der Waals surface area contributed by atoms with Crippen LogP contribution in [0.5, 0.6) is 5.75 Å². The van der Waals surface area contributed by atoms with Crippen LogP contribution in [0.3, 0.4) is 0 Å².